The molecule has 0 bridgehead atoms. The summed E-state index contributed by atoms with van der Waals surface area (Å²) in [6.07, 6.45) is -1.78. The molecule has 0 spiro atoms. The van der Waals surface area contributed by atoms with Crippen molar-refractivity contribution in [3.63, 3.8) is 0 Å². The number of alkyl halides is 3. The number of aryl methyl sites for hydroxylation is 1. The van der Waals surface area contributed by atoms with Crippen molar-refractivity contribution in [2.45, 2.75) is 13.1 Å². The first-order chi connectivity index (χ1) is 17.2. The number of pyridine rings is 1. The van der Waals surface area contributed by atoms with Crippen molar-refractivity contribution in [2.75, 3.05) is 11.9 Å². The fourth-order valence-corrected chi connectivity index (χ4v) is 3.61. The van der Waals surface area contributed by atoms with E-state index >= 15 is 0 Å². The van der Waals surface area contributed by atoms with Gasteiger partial charge in [-0.1, -0.05) is 30.3 Å². The number of amides is 1. The second-order valence-electron chi connectivity index (χ2n) is 7.79. The molecule has 0 fully saturated rings. The molecule has 10 heteroatoms. The molecule has 0 saturated heterocycles. The number of hydrogen-bond donors (Lipinski definition) is 1. The first-order valence-electron chi connectivity index (χ1n) is 10.9. The summed E-state index contributed by atoms with van der Waals surface area (Å²) in [5.74, 6) is -1.30. The summed E-state index contributed by atoms with van der Waals surface area (Å²) in [5.41, 5.74) is 0.300. The van der Waals surface area contributed by atoms with Crippen LogP contribution < -0.4 is 5.32 Å². The Morgan fingerprint density at radius 3 is 2.42 bits per heavy atom. The summed E-state index contributed by atoms with van der Waals surface area (Å²) in [4.78, 5) is 29.8. The van der Waals surface area contributed by atoms with E-state index < -0.39 is 23.6 Å². The van der Waals surface area contributed by atoms with E-state index in [1.807, 2.05) is 6.07 Å². The van der Waals surface area contributed by atoms with Gasteiger partial charge in [0.25, 0.3) is 5.91 Å². The number of nitrogens with zero attached hydrogens (tertiary/aromatic N) is 3. The van der Waals surface area contributed by atoms with Gasteiger partial charge in [-0.2, -0.15) is 18.3 Å². The Hall–Kier alpha value is -4.47. The number of aromatic nitrogens is 3. The standard InChI is InChI=1S/C26H21F3N4O3/c1-3-36-25(35)18-14-22(23(30-15-18)16-7-5-4-6-8-16)31-24(34)17-9-10-20(26(27,28)29)19(13-17)21-11-12-33(2)32-21/h4-15H,3H2,1-2H3,(H,31,34). The van der Waals surface area contributed by atoms with Crippen LogP contribution in [0, 0.1) is 0 Å². The number of ether oxygens (including phenoxy) is 1. The second-order valence-corrected chi connectivity index (χ2v) is 7.79. The van der Waals surface area contributed by atoms with E-state index in [4.69, 9.17) is 4.74 Å². The van der Waals surface area contributed by atoms with Gasteiger partial charge in [0.05, 0.1) is 34.8 Å². The van der Waals surface area contributed by atoms with E-state index in [1.165, 1.54) is 29.2 Å². The van der Waals surface area contributed by atoms with Crippen molar-refractivity contribution in [3.05, 3.63) is 89.7 Å². The van der Waals surface area contributed by atoms with Crippen molar-refractivity contribution < 1.29 is 27.5 Å². The zero-order chi connectivity index (χ0) is 25.9. The Bertz CT molecular complexity index is 1420. The van der Waals surface area contributed by atoms with E-state index in [9.17, 15) is 22.8 Å². The monoisotopic (exact) mass is 494 g/mol. The van der Waals surface area contributed by atoms with Crippen LogP contribution in [0.1, 0.15) is 33.2 Å². The number of carbonyl (C=O) groups excluding carboxylic acids is 2. The molecule has 1 amide bonds. The number of carbonyl (C=O) groups is 2. The lowest BCUT2D eigenvalue weighted by Crippen LogP contribution is -2.16. The number of benzene rings is 2. The molecule has 0 saturated carbocycles. The molecule has 0 atom stereocenters. The fourth-order valence-electron chi connectivity index (χ4n) is 3.61. The highest BCUT2D eigenvalue weighted by atomic mass is 19.4. The van der Waals surface area contributed by atoms with E-state index in [-0.39, 0.29) is 34.7 Å². The smallest absolute Gasteiger partial charge is 0.417 e. The molecule has 0 radical (unpaired) electrons. The minimum atomic E-state index is -4.64. The van der Waals surface area contributed by atoms with Crippen LogP contribution in [0.3, 0.4) is 0 Å². The number of anilines is 1. The average Bonchev–Trinajstić information content (AvgIpc) is 3.30. The normalized spacial score (nSPS) is 11.2. The lowest BCUT2D eigenvalue weighted by molar-refractivity contribution is -0.137. The number of hydrogen-bond acceptors (Lipinski definition) is 5. The summed E-state index contributed by atoms with van der Waals surface area (Å²) in [6, 6.07) is 14.9. The van der Waals surface area contributed by atoms with Crippen LogP contribution in [0.5, 0.6) is 0 Å². The number of rotatable bonds is 6. The molecule has 184 valence electrons. The van der Waals surface area contributed by atoms with Gasteiger partial charge in [0, 0.05) is 36.1 Å². The van der Waals surface area contributed by atoms with E-state index in [0.29, 0.717) is 11.3 Å². The van der Waals surface area contributed by atoms with Gasteiger partial charge in [0.2, 0.25) is 0 Å². The Labute approximate surface area is 204 Å². The second kappa shape index (κ2) is 10.0. The zero-order valence-electron chi connectivity index (χ0n) is 19.3. The maximum atomic E-state index is 13.7. The van der Waals surface area contributed by atoms with Crippen LogP contribution in [0.25, 0.3) is 22.5 Å². The fraction of sp³-hybridized carbons (Fsp3) is 0.154. The van der Waals surface area contributed by atoms with Gasteiger partial charge in [0.15, 0.2) is 0 Å². The number of nitrogens with one attached hydrogen (secondary N) is 1. The Morgan fingerprint density at radius 1 is 1.03 bits per heavy atom. The van der Waals surface area contributed by atoms with E-state index in [1.54, 1.807) is 38.2 Å². The first kappa shape index (κ1) is 24.6. The molecule has 2 heterocycles. The van der Waals surface area contributed by atoms with Crippen LogP contribution in [0.4, 0.5) is 18.9 Å². The maximum Gasteiger partial charge on any atom is 0.417 e. The van der Waals surface area contributed by atoms with Crippen molar-refractivity contribution in [3.8, 4) is 22.5 Å². The van der Waals surface area contributed by atoms with Gasteiger partial charge in [-0.15, -0.1) is 0 Å². The largest absolute Gasteiger partial charge is 0.462 e. The molecule has 0 unspecified atom stereocenters. The molecule has 2 aromatic heterocycles. The molecule has 4 aromatic rings. The van der Waals surface area contributed by atoms with Gasteiger partial charge in [0.1, 0.15) is 0 Å². The van der Waals surface area contributed by atoms with Gasteiger partial charge in [-0.25, -0.2) is 4.79 Å². The molecule has 7 nitrogen and oxygen atoms in total. The van der Waals surface area contributed by atoms with Crippen molar-refractivity contribution in [2.24, 2.45) is 7.05 Å². The maximum absolute atomic E-state index is 13.7. The third-order valence-electron chi connectivity index (χ3n) is 5.27. The lowest BCUT2D eigenvalue weighted by atomic mass is 10.00. The van der Waals surface area contributed by atoms with Gasteiger partial charge < -0.3 is 10.1 Å². The van der Waals surface area contributed by atoms with Gasteiger partial charge in [-0.05, 0) is 37.3 Å². The Balaban J connectivity index is 1.75. The molecule has 2 aromatic carbocycles. The summed E-state index contributed by atoms with van der Waals surface area (Å²) in [7, 11) is 1.59. The topological polar surface area (TPSA) is 86.1 Å². The van der Waals surface area contributed by atoms with Gasteiger partial charge >= 0.3 is 12.1 Å². The summed E-state index contributed by atoms with van der Waals surface area (Å²) in [5, 5.41) is 6.75. The Morgan fingerprint density at radius 2 is 1.78 bits per heavy atom. The van der Waals surface area contributed by atoms with Gasteiger partial charge in [-0.3, -0.25) is 14.5 Å². The van der Waals surface area contributed by atoms with Crippen LogP contribution in [-0.4, -0.2) is 33.2 Å². The molecule has 0 aliphatic heterocycles. The minimum Gasteiger partial charge on any atom is -0.462 e. The van der Waals surface area contributed by atoms with Crippen LogP contribution >= 0.6 is 0 Å². The quantitative estimate of drug-likeness (QED) is 0.353. The van der Waals surface area contributed by atoms with Crippen LogP contribution in [0.2, 0.25) is 0 Å². The number of esters is 1. The van der Waals surface area contributed by atoms with Crippen molar-refractivity contribution in [1.29, 1.82) is 0 Å². The molecule has 0 aliphatic rings. The Kier molecular flexibility index (Phi) is 6.86. The first-order valence-corrected chi connectivity index (χ1v) is 10.9. The molecule has 4 rings (SSSR count). The molecular weight excluding hydrogens is 473 g/mol. The lowest BCUT2D eigenvalue weighted by Gasteiger charge is -2.15. The average molecular weight is 494 g/mol. The highest BCUT2D eigenvalue weighted by Crippen LogP contribution is 2.37. The molecule has 36 heavy (non-hydrogen) atoms. The minimum absolute atomic E-state index is 0.0239. The van der Waals surface area contributed by atoms with Crippen molar-refractivity contribution >= 4 is 17.6 Å². The summed E-state index contributed by atoms with van der Waals surface area (Å²) in [6.45, 7) is 1.82. The summed E-state index contributed by atoms with van der Waals surface area (Å²) < 4.78 is 47.4. The molecule has 1 N–H and O–H groups in total. The predicted octanol–water partition coefficient (Wildman–Crippen LogP) is 5.60. The van der Waals surface area contributed by atoms with Crippen molar-refractivity contribution in [1.82, 2.24) is 14.8 Å². The third kappa shape index (κ3) is 5.27. The highest BCUT2D eigenvalue weighted by Gasteiger charge is 2.34. The van der Waals surface area contributed by atoms with E-state index in [2.05, 4.69) is 15.4 Å². The van der Waals surface area contributed by atoms with Crippen LogP contribution in [-0.2, 0) is 18.0 Å². The SMILES string of the molecule is CCOC(=O)c1cnc(-c2ccccc2)c(NC(=O)c2ccc(C(F)(F)F)c(-c3ccn(C)n3)c2)c1. The number of halogens is 3. The summed E-state index contributed by atoms with van der Waals surface area (Å²) >= 11 is 0. The molecular formula is C26H21F3N4O3. The molecule has 0 aliphatic carbocycles. The predicted molar refractivity (Wildman–Crippen MR) is 127 cm³/mol. The third-order valence-corrected chi connectivity index (χ3v) is 5.27. The zero-order valence-corrected chi connectivity index (χ0v) is 19.3. The highest BCUT2D eigenvalue weighted by molar-refractivity contribution is 6.07. The van der Waals surface area contributed by atoms with E-state index in [0.717, 1.165) is 18.2 Å². The van der Waals surface area contributed by atoms with Crippen LogP contribution in [0.15, 0.2) is 73.1 Å².